The minimum Gasteiger partial charge on any atom is -0.310 e. The molecular formula is C19H26N4O2S. The van der Waals surface area contributed by atoms with Gasteiger partial charge in [-0.1, -0.05) is 0 Å². The second-order valence-electron chi connectivity index (χ2n) is 6.89. The zero-order valence-corrected chi connectivity index (χ0v) is 16.2. The maximum absolute atomic E-state index is 10.8. The molecule has 1 aromatic heterocycles. The molecule has 1 aromatic carbocycles. The quantitative estimate of drug-likeness (QED) is 0.596. The van der Waals surface area contributed by atoms with E-state index in [-0.39, 0.29) is 10.6 Å². The van der Waals surface area contributed by atoms with Gasteiger partial charge in [-0.05, 0) is 43.8 Å². The summed E-state index contributed by atoms with van der Waals surface area (Å²) in [7, 11) is 2.18. The molecule has 1 aliphatic heterocycles. The predicted molar refractivity (Wildman–Crippen MR) is 107 cm³/mol. The molecule has 3 rings (SSSR count). The zero-order chi connectivity index (χ0) is 18.5. The first-order valence-electron chi connectivity index (χ1n) is 9.00. The number of non-ortho nitro benzene ring substituents is 1. The van der Waals surface area contributed by atoms with Crippen molar-refractivity contribution in [1.29, 1.82) is 0 Å². The smallest absolute Gasteiger partial charge is 0.269 e. The molecule has 1 aliphatic rings. The van der Waals surface area contributed by atoms with Crippen LogP contribution in [0.4, 0.5) is 5.69 Å². The van der Waals surface area contributed by atoms with Crippen molar-refractivity contribution >= 4 is 17.0 Å². The molecule has 7 heteroatoms. The van der Waals surface area contributed by atoms with Crippen molar-refractivity contribution in [3.63, 3.8) is 0 Å². The monoisotopic (exact) mass is 374 g/mol. The first-order valence-corrected chi connectivity index (χ1v) is 9.81. The van der Waals surface area contributed by atoms with Gasteiger partial charge in [0.1, 0.15) is 0 Å². The van der Waals surface area contributed by atoms with Crippen LogP contribution in [0.25, 0.3) is 10.4 Å². The molecular weight excluding hydrogens is 348 g/mol. The molecule has 1 N–H and O–H groups in total. The average Bonchev–Trinajstić information content (AvgIpc) is 3.11. The summed E-state index contributed by atoms with van der Waals surface area (Å²) < 4.78 is 0. The number of nitro groups is 1. The molecule has 2 aromatic rings. The van der Waals surface area contributed by atoms with Gasteiger partial charge in [-0.3, -0.25) is 15.0 Å². The maximum Gasteiger partial charge on any atom is 0.269 e. The predicted octanol–water partition coefficient (Wildman–Crippen LogP) is 3.05. The van der Waals surface area contributed by atoms with Gasteiger partial charge in [0.05, 0.1) is 4.92 Å². The number of nitrogens with zero attached hydrogens (tertiary/aromatic N) is 3. The van der Waals surface area contributed by atoms with Crippen molar-refractivity contribution in [2.75, 3.05) is 39.8 Å². The average molecular weight is 375 g/mol. The van der Waals surface area contributed by atoms with Gasteiger partial charge in [-0.25, -0.2) is 0 Å². The third-order valence-corrected chi connectivity index (χ3v) is 6.06. The summed E-state index contributed by atoms with van der Waals surface area (Å²) in [5.74, 6) is 0. The Bertz CT molecular complexity index is 723. The van der Waals surface area contributed by atoms with Gasteiger partial charge in [0.25, 0.3) is 5.69 Å². The van der Waals surface area contributed by atoms with E-state index in [1.165, 1.54) is 4.88 Å². The number of hydrogen-bond donors (Lipinski definition) is 1. The lowest BCUT2D eigenvalue weighted by atomic mass is 10.2. The number of nitrogens with one attached hydrogen (secondary N) is 1. The van der Waals surface area contributed by atoms with Gasteiger partial charge in [0.2, 0.25) is 0 Å². The molecule has 0 amide bonds. The van der Waals surface area contributed by atoms with Gasteiger partial charge in [-0.15, -0.1) is 11.3 Å². The third-order valence-electron chi connectivity index (χ3n) is 4.92. The van der Waals surface area contributed by atoms with E-state index in [2.05, 4.69) is 41.2 Å². The number of benzene rings is 1. The summed E-state index contributed by atoms with van der Waals surface area (Å²) in [4.78, 5) is 17.7. The van der Waals surface area contributed by atoms with Crippen LogP contribution in [0.2, 0.25) is 0 Å². The summed E-state index contributed by atoms with van der Waals surface area (Å²) in [6.07, 6.45) is 0. The van der Waals surface area contributed by atoms with Crippen molar-refractivity contribution in [2.24, 2.45) is 0 Å². The van der Waals surface area contributed by atoms with Crippen LogP contribution in [0, 0.1) is 10.1 Å². The molecule has 26 heavy (non-hydrogen) atoms. The minimum absolute atomic E-state index is 0.130. The molecule has 0 bridgehead atoms. The van der Waals surface area contributed by atoms with E-state index in [0.29, 0.717) is 6.04 Å². The minimum atomic E-state index is -0.366. The fraction of sp³-hybridized carbons (Fsp3) is 0.474. The van der Waals surface area contributed by atoms with E-state index in [1.807, 2.05) is 12.1 Å². The first-order chi connectivity index (χ1) is 12.5. The van der Waals surface area contributed by atoms with Crippen LogP contribution in [0.15, 0.2) is 36.4 Å². The van der Waals surface area contributed by atoms with Crippen LogP contribution in [0.1, 0.15) is 11.8 Å². The highest BCUT2D eigenvalue weighted by Crippen LogP contribution is 2.29. The number of thiophene rings is 1. The van der Waals surface area contributed by atoms with Crippen molar-refractivity contribution in [3.8, 4) is 10.4 Å². The Labute approximate surface area is 158 Å². The normalized spacial score (nSPS) is 17.3. The highest BCUT2D eigenvalue weighted by molar-refractivity contribution is 7.15. The molecule has 0 radical (unpaired) electrons. The molecule has 0 aliphatic carbocycles. The molecule has 1 fully saturated rings. The van der Waals surface area contributed by atoms with E-state index in [9.17, 15) is 10.1 Å². The largest absolute Gasteiger partial charge is 0.310 e. The summed E-state index contributed by atoms with van der Waals surface area (Å²) >= 11 is 1.74. The Morgan fingerprint density at radius 3 is 2.50 bits per heavy atom. The topological polar surface area (TPSA) is 61.7 Å². The van der Waals surface area contributed by atoms with Crippen LogP contribution in [-0.4, -0.2) is 60.5 Å². The second kappa shape index (κ2) is 8.73. The number of rotatable bonds is 7. The number of likely N-dealkylation sites (N-methyl/N-ethyl adjacent to an activating group) is 1. The van der Waals surface area contributed by atoms with Crippen LogP contribution >= 0.6 is 11.3 Å². The lowest BCUT2D eigenvalue weighted by Gasteiger charge is -2.36. The Hall–Kier alpha value is -1.80. The Morgan fingerprint density at radius 1 is 1.15 bits per heavy atom. The molecule has 2 heterocycles. The van der Waals surface area contributed by atoms with E-state index >= 15 is 0 Å². The lowest BCUT2D eigenvalue weighted by Crippen LogP contribution is -2.50. The molecule has 1 atom stereocenters. The highest BCUT2D eigenvalue weighted by Gasteiger charge is 2.18. The SMILES string of the molecule is CC(CNCc1ccc(-c2ccc([N+](=O)[O-])cc2)s1)N1CCN(C)CC1. The number of hydrogen-bond acceptors (Lipinski definition) is 6. The Kier molecular flexibility index (Phi) is 6.37. The van der Waals surface area contributed by atoms with Crippen LogP contribution in [-0.2, 0) is 6.54 Å². The standard InChI is InChI=1S/C19H26N4O2S/c1-15(22-11-9-21(2)10-12-22)13-20-14-18-7-8-19(26-18)16-3-5-17(6-4-16)23(24)25/h3-8,15,20H,9-14H2,1-2H3. The maximum atomic E-state index is 10.8. The van der Waals surface area contributed by atoms with Crippen LogP contribution in [0.5, 0.6) is 0 Å². The van der Waals surface area contributed by atoms with Gasteiger partial charge in [0, 0.05) is 67.2 Å². The lowest BCUT2D eigenvalue weighted by molar-refractivity contribution is -0.384. The fourth-order valence-corrected chi connectivity index (χ4v) is 4.15. The van der Waals surface area contributed by atoms with E-state index in [4.69, 9.17) is 0 Å². The molecule has 1 unspecified atom stereocenters. The molecule has 6 nitrogen and oxygen atoms in total. The van der Waals surface area contributed by atoms with E-state index in [0.717, 1.165) is 49.7 Å². The fourth-order valence-electron chi connectivity index (χ4n) is 3.17. The first kappa shape index (κ1) is 19.0. The Balaban J connectivity index is 1.48. The van der Waals surface area contributed by atoms with Gasteiger partial charge in [0.15, 0.2) is 0 Å². The zero-order valence-electron chi connectivity index (χ0n) is 15.4. The van der Waals surface area contributed by atoms with Gasteiger partial charge < -0.3 is 10.2 Å². The summed E-state index contributed by atoms with van der Waals surface area (Å²) in [5.41, 5.74) is 1.16. The highest BCUT2D eigenvalue weighted by atomic mass is 32.1. The summed E-state index contributed by atoms with van der Waals surface area (Å²) in [6, 6.07) is 11.5. The summed E-state index contributed by atoms with van der Waals surface area (Å²) in [6.45, 7) is 8.70. The van der Waals surface area contributed by atoms with Crippen molar-refractivity contribution < 1.29 is 4.92 Å². The molecule has 0 saturated carbocycles. The molecule has 140 valence electrons. The van der Waals surface area contributed by atoms with Crippen molar-refractivity contribution in [3.05, 3.63) is 51.4 Å². The van der Waals surface area contributed by atoms with Gasteiger partial charge >= 0.3 is 0 Å². The van der Waals surface area contributed by atoms with Crippen molar-refractivity contribution in [1.82, 2.24) is 15.1 Å². The van der Waals surface area contributed by atoms with Crippen LogP contribution < -0.4 is 5.32 Å². The summed E-state index contributed by atoms with van der Waals surface area (Å²) in [5, 5.41) is 14.3. The molecule has 1 saturated heterocycles. The van der Waals surface area contributed by atoms with Crippen molar-refractivity contribution in [2.45, 2.75) is 19.5 Å². The van der Waals surface area contributed by atoms with Gasteiger partial charge in [-0.2, -0.15) is 0 Å². The van der Waals surface area contributed by atoms with E-state index in [1.54, 1.807) is 23.5 Å². The third kappa shape index (κ3) is 4.88. The number of piperazine rings is 1. The second-order valence-corrected chi connectivity index (χ2v) is 8.06. The van der Waals surface area contributed by atoms with Crippen LogP contribution in [0.3, 0.4) is 0 Å². The Morgan fingerprint density at radius 2 is 1.85 bits per heavy atom. The number of nitro benzene ring substituents is 1. The molecule has 0 spiro atoms. The van der Waals surface area contributed by atoms with E-state index < -0.39 is 0 Å².